The summed E-state index contributed by atoms with van der Waals surface area (Å²) in [5, 5.41) is 4.13. The molecule has 0 N–H and O–H groups in total. The molecule has 1 aromatic heterocycles. The third kappa shape index (κ3) is 3.23. The molecule has 0 radical (unpaired) electrons. The van der Waals surface area contributed by atoms with Crippen molar-refractivity contribution in [3.63, 3.8) is 0 Å². The van der Waals surface area contributed by atoms with Crippen molar-refractivity contribution in [1.82, 2.24) is 15.0 Å². The van der Waals surface area contributed by atoms with Crippen LogP contribution in [0.15, 0.2) is 77.3 Å². The molecule has 0 spiro atoms. The van der Waals surface area contributed by atoms with Crippen LogP contribution in [-0.2, 0) is 19.6 Å². The average Bonchev–Trinajstić information content (AvgIpc) is 3.34. The topological polar surface area (TPSA) is 42.2 Å². The van der Waals surface area contributed by atoms with Gasteiger partial charge >= 0.3 is 0 Å². The maximum atomic E-state index is 5.21. The predicted molar refractivity (Wildman–Crippen MR) is 109 cm³/mol. The molecule has 4 nitrogen and oxygen atoms in total. The molecule has 28 heavy (non-hydrogen) atoms. The quantitative estimate of drug-likeness (QED) is 0.495. The van der Waals surface area contributed by atoms with E-state index < -0.39 is 0 Å². The second-order valence-electron chi connectivity index (χ2n) is 7.30. The van der Waals surface area contributed by atoms with Gasteiger partial charge in [0.25, 0.3) is 0 Å². The van der Waals surface area contributed by atoms with E-state index in [2.05, 4.69) is 87.8 Å². The number of nitrogens with zero attached hydrogens (tertiary/aromatic N) is 3. The van der Waals surface area contributed by atoms with Crippen molar-refractivity contribution < 1.29 is 4.52 Å². The first-order valence-corrected chi connectivity index (χ1v) is 9.54. The van der Waals surface area contributed by atoms with Crippen molar-refractivity contribution >= 4 is 0 Å². The van der Waals surface area contributed by atoms with E-state index in [9.17, 15) is 0 Å². The van der Waals surface area contributed by atoms with Gasteiger partial charge in [0.2, 0.25) is 11.7 Å². The molecular weight excluding hydrogens is 346 g/mol. The van der Waals surface area contributed by atoms with Crippen LogP contribution in [-0.4, -0.2) is 15.0 Å². The summed E-state index contributed by atoms with van der Waals surface area (Å²) >= 11 is 0. The van der Waals surface area contributed by atoms with E-state index in [0.29, 0.717) is 11.7 Å². The van der Waals surface area contributed by atoms with Gasteiger partial charge in [-0.05, 0) is 39.9 Å². The van der Waals surface area contributed by atoms with Gasteiger partial charge in [0, 0.05) is 32.1 Å². The van der Waals surface area contributed by atoms with Gasteiger partial charge < -0.3 is 4.52 Å². The van der Waals surface area contributed by atoms with Crippen molar-refractivity contribution in [1.29, 1.82) is 0 Å². The molecular formula is C24H21N3O. The summed E-state index contributed by atoms with van der Waals surface area (Å²) in [6, 6.07) is 25.6. The molecule has 0 amide bonds. The van der Waals surface area contributed by atoms with Crippen LogP contribution in [0.25, 0.3) is 22.5 Å². The van der Waals surface area contributed by atoms with Gasteiger partial charge in [-0.15, -0.1) is 0 Å². The fraction of sp³-hybridized carbons (Fsp3) is 0.167. The number of hydrogen-bond donors (Lipinski definition) is 0. The number of aryl methyl sites for hydroxylation is 1. The van der Waals surface area contributed by atoms with Crippen molar-refractivity contribution in [3.8, 4) is 22.5 Å². The van der Waals surface area contributed by atoms with E-state index in [1.165, 1.54) is 27.8 Å². The lowest BCUT2D eigenvalue weighted by Gasteiger charge is -2.15. The Morgan fingerprint density at radius 2 is 1.64 bits per heavy atom. The Morgan fingerprint density at radius 3 is 2.36 bits per heavy atom. The molecule has 0 atom stereocenters. The zero-order chi connectivity index (χ0) is 18.9. The molecule has 0 saturated heterocycles. The summed E-state index contributed by atoms with van der Waals surface area (Å²) in [6.45, 7) is 4.64. The number of fused-ring (bicyclic) bond motifs is 1. The minimum Gasteiger partial charge on any atom is -0.339 e. The number of benzene rings is 3. The van der Waals surface area contributed by atoms with Gasteiger partial charge in [-0.2, -0.15) is 4.98 Å². The molecule has 1 aliphatic heterocycles. The van der Waals surface area contributed by atoms with Gasteiger partial charge in [-0.3, -0.25) is 4.90 Å². The highest BCUT2D eigenvalue weighted by atomic mass is 16.5. The van der Waals surface area contributed by atoms with E-state index >= 15 is 0 Å². The smallest absolute Gasteiger partial charge is 0.223 e. The van der Waals surface area contributed by atoms with Crippen LogP contribution < -0.4 is 0 Å². The molecule has 0 aliphatic carbocycles. The van der Waals surface area contributed by atoms with Gasteiger partial charge in [-0.25, -0.2) is 0 Å². The Labute approximate surface area is 164 Å². The zero-order valence-electron chi connectivity index (χ0n) is 15.8. The SMILES string of the molecule is Cc1nc(-c2cc3c(c(-c4ccccc4)c2)CN(Cc2ccccc2)C3)no1. The maximum Gasteiger partial charge on any atom is 0.223 e. The monoisotopic (exact) mass is 367 g/mol. The first kappa shape index (κ1) is 16.9. The lowest BCUT2D eigenvalue weighted by molar-refractivity contribution is 0.275. The molecule has 138 valence electrons. The Kier molecular flexibility index (Phi) is 4.26. The van der Waals surface area contributed by atoms with E-state index in [4.69, 9.17) is 4.52 Å². The maximum absolute atomic E-state index is 5.21. The molecule has 4 heteroatoms. The minimum absolute atomic E-state index is 0.586. The first-order valence-electron chi connectivity index (χ1n) is 9.54. The van der Waals surface area contributed by atoms with Crippen molar-refractivity contribution in [2.45, 2.75) is 26.6 Å². The molecule has 5 rings (SSSR count). The summed E-state index contributed by atoms with van der Waals surface area (Å²) in [7, 11) is 0. The molecule has 0 fully saturated rings. The molecule has 0 unspecified atom stereocenters. The molecule has 4 aromatic rings. The zero-order valence-corrected chi connectivity index (χ0v) is 15.8. The predicted octanol–water partition coefficient (Wildman–Crippen LogP) is 5.23. The third-order valence-electron chi connectivity index (χ3n) is 5.24. The summed E-state index contributed by atoms with van der Waals surface area (Å²) in [5.41, 5.74) is 7.57. The second kappa shape index (κ2) is 7.06. The van der Waals surface area contributed by atoms with Crippen molar-refractivity contribution in [2.75, 3.05) is 0 Å². The van der Waals surface area contributed by atoms with Crippen LogP contribution in [0.2, 0.25) is 0 Å². The standard InChI is InChI=1S/C24H21N3O/c1-17-25-24(26-28-17)20-12-21-15-27(14-18-8-4-2-5-9-18)16-23(21)22(13-20)19-10-6-3-7-11-19/h2-13H,14-16H2,1H3. The van der Waals surface area contributed by atoms with E-state index in [-0.39, 0.29) is 0 Å². The van der Waals surface area contributed by atoms with Gasteiger partial charge in [0.05, 0.1) is 0 Å². The van der Waals surface area contributed by atoms with E-state index in [1.54, 1.807) is 0 Å². The second-order valence-corrected chi connectivity index (χ2v) is 7.30. The molecule has 0 saturated carbocycles. The molecule has 0 bridgehead atoms. The minimum atomic E-state index is 0.586. The Morgan fingerprint density at radius 1 is 0.893 bits per heavy atom. The van der Waals surface area contributed by atoms with Crippen LogP contribution in [0.4, 0.5) is 0 Å². The van der Waals surface area contributed by atoms with Gasteiger partial charge in [-0.1, -0.05) is 65.8 Å². The highest BCUT2D eigenvalue weighted by Gasteiger charge is 2.24. The van der Waals surface area contributed by atoms with Crippen LogP contribution in [0.1, 0.15) is 22.6 Å². The van der Waals surface area contributed by atoms with Gasteiger partial charge in [0.1, 0.15) is 0 Å². The van der Waals surface area contributed by atoms with Crippen molar-refractivity contribution in [3.05, 3.63) is 95.4 Å². The average molecular weight is 367 g/mol. The number of aromatic nitrogens is 2. The van der Waals surface area contributed by atoms with Gasteiger partial charge in [0.15, 0.2) is 0 Å². The van der Waals surface area contributed by atoms with Crippen LogP contribution in [0, 0.1) is 6.92 Å². The summed E-state index contributed by atoms with van der Waals surface area (Å²) < 4.78 is 5.21. The van der Waals surface area contributed by atoms with Crippen molar-refractivity contribution in [2.24, 2.45) is 0 Å². The third-order valence-corrected chi connectivity index (χ3v) is 5.24. The first-order chi connectivity index (χ1) is 13.8. The molecule has 1 aliphatic rings. The van der Waals surface area contributed by atoms with E-state index in [1.807, 2.05) is 6.92 Å². The lowest BCUT2D eigenvalue weighted by Crippen LogP contribution is -2.15. The highest BCUT2D eigenvalue weighted by molar-refractivity contribution is 5.75. The summed E-state index contributed by atoms with van der Waals surface area (Å²) in [4.78, 5) is 6.92. The Balaban J connectivity index is 1.55. The summed E-state index contributed by atoms with van der Waals surface area (Å²) in [6.07, 6.45) is 0. The highest BCUT2D eigenvalue weighted by Crippen LogP contribution is 2.37. The Bertz CT molecular complexity index is 1100. The summed E-state index contributed by atoms with van der Waals surface area (Å²) in [5.74, 6) is 1.24. The lowest BCUT2D eigenvalue weighted by atomic mass is 9.94. The number of hydrogen-bond acceptors (Lipinski definition) is 4. The fourth-order valence-corrected chi connectivity index (χ4v) is 3.95. The number of rotatable bonds is 4. The normalized spacial score (nSPS) is 13.6. The molecule has 3 aromatic carbocycles. The fourth-order valence-electron chi connectivity index (χ4n) is 3.95. The van der Waals surface area contributed by atoms with Crippen LogP contribution in [0.5, 0.6) is 0 Å². The Hall–Kier alpha value is -3.24. The molecule has 2 heterocycles. The van der Waals surface area contributed by atoms with E-state index in [0.717, 1.165) is 25.2 Å². The largest absolute Gasteiger partial charge is 0.339 e. The van der Waals surface area contributed by atoms with Crippen LogP contribution >= 0.6 is 0 Å². The van der Waals surface area contributed by atoms with Crippen LogP contribution in [0.3, 0.4) is 0 Å².